The number of amides is 3. The van der Waals surface area contributed by atoms with Crippen molar-refractivity contribution < 1.29 is 24.2 Å². The lowest BCUT2D eigenvalue weighted by Crippen LogP contribution is -2.52. The van der Waals surface area contributed by atoms with Gasteiger partial charge in [-0.3, -0.25) is 24.7 Å². The number of ether oxygens (including phenoxy) is 1. The summed E-state index contributed by atoms with van der Waals surface area (Å²) in [5, 5.41) is 15.7. The van der Waals surface area contributed by atoms with Crippen molar-refractivity contribution >= 4 is 29.6 Å². The first-order chi connectivity index (χ1) is 17.0. The molecule has 2 aromatic rings. The molecule has 2 atom stereocenters. The monoisotopic (exact) mass is 477 g/mol. The second kappa shape index (κ2) is 10.9. The third kappa shape index (κ3) is 5.55. The quantitative estimate of drug-likeness (QED) is 0.211. The highest BCUT2D eigenvalue weighted by Crippen LogP contribution is 2.33. The molecule has 4 rings (SSSR count). The van der Waals surface area contributed by atoms with Gasteiger partial charge >= 0.3 is 0 Å². The minimum absolute atomic E-state index is 0.00649. The van der Waals surface area contributed by atoms with Gasteiger partial charge in [-0.25, -0.2) is 0 Å². The van der Waals surface area contributed by atoms with Crippen molar-refractivity contribution in [1.82, 2.24) is 10.2 Å². The molecule has 0 aliphatic carbocycles. The predicted octanol–water partition coefficient (Wildman–Crippen LogP) is 0.815. The van der Waals surface area contributed by atoms with Gasteiger partial charge in [-0.2, -0.15) is 5.10 Å². The second-order valence-corrected chi connectivity index (χ2v) is 8.40. The Morgan fingerprint density at radius 3 is 2.71 bits per heavy atom. The van der Waals surface area contributed by atoms with Crippen LogP contribution in [0.1, 0.15) is 34.3 Å². The van der Waals surface area contributed by atoms with Crippen LogP contribution < -0.4 is 15.9 Å². The van der Waals surface area contributed by atoms with Crippen LogP contribution in [-0.2, 0) is 22.6 Å². The molecule has 1 unspecified atom stereocenters. The van der Waals surface area contributed by atoms with Crippen LogP contribution in [0, 0.1) is 0 Å². The third-order valence-corrected chi connectivity index (χ3v) is 6.04. The van der Waals surface area contributed by atoms with Crippen molar-refractivity contribution in [2.45, 2.75) is 37.9 Å². The van der Waals surface area contributed by atoms with Gasteiger partial charge in [-0.15, -0.1) is 0 Å². The number of hydrazone groups is 1. The van der Waals surface area contributed by atoms with Gasteiger partial charge in [0.2, 0.25) is 11.8 Å². The summed E-state index contributed by atoms with van der Waals surface area (Å²) in [6.07, 6.45) is 2.52. The van der Waals surface area contributed by atoms with Gasteiger partial charge < -0.3 is 20.6 Å². The Bertz CT molecular complexity index is 1160. The van der Waals surface area contributed by atoms with Gasteiger partial charge in [0.1, 0.15) is 24.1 Å². The number of aliphatic hydroxyl groups is 1. The summed E-state index contributed by atoms with van der Waals surface area (Å²) in [6, 6.07) is 13.8. The fraction of sp³-hybridized carbons (Fsp3) is 0.320. The molecular formula is C25H27N5O5. The molecule has 2 heterocycles. The number of fused-ring (bicyclic) bond motifs is 1. The standard InChI is InChI=1S/C25H27N5O5/c26-29-18(12-27-17(14-31)11-16-5-2-1-3-6-16)15-35-22-8-4-7-19-20(22)13-30(25(19)34)21-9-10-23(32)28-24(21)33/h1-8,12,17,21,31H,9-11,13-15,26H2,(H,28,32,33)/t17-,21?/m0/s1. The summed E-state index contributed by atoms with van der Waals surface area (Å²) in [5.74, 6) is 4.92. The number of aliphatic imine (C=N–C) groups is 1. The number of nitrogens with two attached hydrogens (primary N) is 1. The Morgan fingerprint density at radius 2 is 2.00 bits per heavy atom. The lowest BCUT2D eigenvalue weighted by Gasteiger charge is -2.29. The molecule has 2 aliphatic rings. The van der Waals surface area contributed by atoms with E-state index in [1.165, 1.54) is 11.1 Å². The van der Waals surface area contributed by atoms with Gasteiger partial charge in [0.25, 0.3) is 5.91 Å². The summed E-state index contributed by atoms with van der Waals surface area (Å²) in [7, 11) is 0. The van der Waals surface area contributed by atoms with Crippen molar-refractivity contribution in [2.24, 2.45) is 15.9 Å². The number of carbonyl (C=O) groups is 3. The Labute approximate surface area is 202 Å². The number of hydrogen-bond acceptors (Lipinski definition) is 8. The zero-order valence-corrected chi connectivity index (χ0v) is 19.1. The summed E-state index contributed by atoms with van der Waals surface area (Å²) in [6.45, 7) is 0.0740. The van der Waals surface area contributed by atoms with Crippen LogP contribution >= 0.6 is 0 Å². The topological polar surface area (TPSA) is 147 Å². The van der Waals surface area contributed by atoms with Crippen LogP contribution in [0.4, 0.5) is 0 Å². The Kier molecular flexibility index (Phi) is 7.51. The number of aliphatic hydroxyl groups excluding tert-OH is 1. The lowest BCUT2D eigenvalue weighted by atomic mass is 10.0. The summed E-state index contributed by atoms with van der Waals surface area (Å²) < 4.78 is 5.92. The number of hydrogen-bond donors (Lipinski definition) is 3. The molecule has 1 fully saturated rings. The van der Waals surface area contributed by atoms with E-state index in [4.69, 9.17) is 10.6 Å². The highest BCUT2D eigenvalue weighted by molar-refractivity contribution is 6.31. The summed E-state index contributed by atoms with van der Waals surface area (Å²) in [4.78, 5) is 42.6. The maximum Gasteiger partial charge on any atom is 0.255 e. The van der Waals surface area contributed by atoms with Crippen molar-refractivity contribution in [2.75, 3.05) is 13.2 Å². The zero-order valence-electron chi connectivity index (χ0n) is 19.1. The first-order valence-electron chi connectivity index (χ1n) is 11.3. The van der Waals surface area contributed by atoms with E-state index in [9.17, 15) is 19.5 Å². The van der Waals surface area contributed by atoms with Crippen molar-refractivity contribution in [3.8, 4) is 5.75 Å². The molecule has 0 spiro atoms. The number of nitrogens with zero attached hydrogens (tertiary/aromatic N) is 3. The average molecular weight is 478 g/mol. The smallest absolute Gasteiger partial charge is 0.255 e. The SMILES string of the molecule is NN=C(C=N[C@H](CO)Cc1ccccc1)COc1cccc2c1CN(C1CCC(=O)NC1=O)C2=O. The van der Waals surface area contributed by atoms with E-state index in [1.807, 2.05) is 30.3 Å². The van der Waals surface area contributed by atoms with E-state index >= 15 is 0 Å². The average Bonchev–Trinajstić information content (AvgIpc) is 3.20. The van der Waals surface area contributed by atoms with Crippen LogP contribution in [0.2, 0.25) is 0 Å². The molecule has 0 radical (unpaired) electrons. The zero-order chi connectivity index (χ0) is 24.8. The number of carbonyl (C=O) groups excluding carboxylic acids is 3. The van der Waals surface area contributed by atoms with Gasteiger partial charge in [0, 0.05) is 23.8 Å². The minimum Gasteiger partial charge on any atom is -0.487 e. The summed E-state index contributed by atoms with van der Waals surface area (Å²) >= 11 is 0. The molecule has 10 nitrogen and oxygen atoms in total. The molecule has 4 N–H and O–H groups in total. The molecule has 1 saturated heterocycles. The Hall–Kier alpha value is -4.05. The molecular weight excluding hydrogens is 450 g/mol. The summed E-state index contributed by atoms with van der Waals surface area (Å²) in [5.41, 5.74) is 2.53. The van der Waals surface area contributed by atoms with Crippen molar-refractivity contribution in [3.63, 3.8) is 0 Å². The fourth-order valence-corrected chi connectivity index (χ4v) is 4.19. The first kappa shape index (κ1) is 24.1. The van der Waals surface area contributed by atoms with E-state index in [1.54, 1.807) is 18.2 Å². The fourth-order valence-electron chi connectivity index (χ4n) is 4.19. The predicted molar refractivity (Wildman–Crippen MR) is 129 cm³/mol. The van der Waals surface area contributed by atoms with Gasteiger partial charge in [0.05, 0.1) is 19.2 Å². The van der Waals surface area contributed by atoms with E-state index in [0.717, 1.165) is 5.56 Å². The van der Waals surface area contributed by atoms with Crippen LogP contribution in [-0.4, -0.2) is 65.0 Å². The Morgan fingerprint density at radius 1 is 1.20 bits per heavy atom. The molecule has 0 saturated carbocycles. The molecule has 2 aromatic carbocycles. The molecule has 0 aromatic heterocycles. The van der Waals surface area contributed by atoms with Gasteiger partial charge in [-0.1, -0.05) is 36.4 Å². The van der Waals surface area contributed by atoms with E-state index in [2.05, 4.69) is 15.4 Å². The van der Waals surface area contributed by atoms with E-state index < -0.39 is 11.9 Å². The van der Waals surface area contributed by atoms with Gasteiger partial charge in [-0.05, 0) is 30.5 Å². The first-order valence-corrected chi connectivity index (χ1v) is 11.3. The molecule has 35 heavy (non-hydrogen) atoms. The van der Waals surface area contributed by atoms with Crippen LogP contribution in [0.5, 0.6) is 5.75 Å². The van der Waals surface area contributed by atoms with Gasteiger partial charge in [0.15, 0.2) is 0 Å². The normalized spacial score (nSPS) is 19.1. The second-order valence-electron chi connectivity index (χ2n) is 8.40. The Balaban J connectivity index is 1.41. The third-order valence-electron chi connectivity index (χ3n) is 6.04. The number of nitrogens with one attached hydrogen (secondary N) is 1. The maximum absolute atomic E-state index is 12.9. The minimum atomic E-state index is -0.700. The number of rotatable bonds is 9. The highest BCUT2D eigenvalue weighted by atomic mass is 16.5. The van der Waals surface area contributed by atoms with Crippen LogP contribution in [0.3, 0.4) is 0 Å². The maximum atomic E-state index is 12.9. The van der Waals surface area contributed by atoms with Crippen molar-refractivity contribution in [1.29, 1.82) is 0 Å². The number of imide groups is 1. The lowest BCUT2D eigenvalue weighted by molar-refractivity contribution is -0.136. The molecule has 182 valence electrons. The highest BCUT2D eigenvalue weighted by Gasteiger charge is 2.40. The molecule has 2 aliphatic heterocycles. The molecule has 3 amide bonds. The van der Waals surface area contributed by atoms with Crippen LogP contribution in [0.25, 0.3) is 0 Å². The van der Waals surface area contributed by atoms with Crippen LogP contribution in [0.15, 0.2) is 58.6 Å². The number of piperidine rings is 1. The van der Waals surface area contributed by atoms with Crippen molar-refractivity contribution in [3.05, 3.63) is 65.2 Å². The molecule has 10 heteroatoms. The largest absolute Gasteiger partial charge is 0.487 e. The molecule has 0 bridgehead atoms. The van der Waals surface area contributed by atoms with E-state index in [0.29, 0.717) is 29.0 Å². The number of benzene rings is 2. The van der Waals surface area contributed by atoms with E-state index in [-0.39, 0.29) is 50.5 Å².